The van der Waals surface area contributed by atoms with E-state index in [1.165, 1.54) is 40.9 Å². The highest BCUT2D eigenvalue weighted by Crippen LogP contribution is 2.50. The number of fused-ring (bicyclic) bond motifs is 2. The van der Waals surface area contributed by atoms with E-state index < -0.39 is 22.9 Å². The fourth-order valence-corrected chi connectivity index (χ4v) is 7.23. The number of aliphatic hydroxyl groups is 1. The maximum absolute atomic E-state index is 13.0. The molecule has 4 heterocycles. The van der Waals surface area contributed by atoms with Crippen molar-refractivity contribution in [1.82, 2.24) is 14.3 Å². The number of esters is 1. The molecule has 1 saturated heterocycles. The van der Waals surface area contributed by atoms with Crippen LogP contribution in [0.15, 0.2) is 52.4 Å². The molecule has 2 aliphatic rings. The number of thiazole rings is 1. The van der Waals surface area contributed by atoms with E-state index in [4.69, 9.17) is 4.74 Å². The van der Waals surface area contributed by atoms with Crippen molar-refractivity contribution in [3.05, 3.63) is 62.8 Å². The molecule has 2 aliphatic heterocycles. The van der Waals surface area contributed by atoms with E-state index in [9.17, 15) is 24.8 Å². The average molecular weight is 547 g/mol. The monoisotopic (exact) mass is 546 g/mol. The van der Waals surface area contributed by atoms with E-state index in [0.29, 0.717) is 5.56 Å². The van der Waals surface area contributed by atoms with Crippen LogP contribution >= 0.6 is 34.9 Å². The molecule has 10 nitrogen and oxygen atoms in total. The zero-order chi connectivity index (χ0) is 25.7. The van der Waals surface area contributed by atoms with Crippen LogP contribution in [-0.2, 0) is 20.9 Å². The Balaban J connectivity index is 1.43. The number of hydrogen-bond acceptors (Lipinski definition) is 10. The molecule has 0 bridgehead atoms. The first-order valence-corrected chi connectivity index (χ1v) is 14.2. The lowest BCUT2D eigenvalue weighted by molar-refractivity contribution is -0.384. The number of β-lactam (4-membered cyclic amide) rings is 1. The van der Waals surface area contributed by atoms with Crippen molar-refractivity contribution in [2.75, 3.05) is 12.5 Å². The number of amides is 1. The first-order valence-electron chi connectivity index (χ1n) is 11.0. The first kappa shape index (κ1) is 24.8. The smallest absolute Gasteiger partial charge is 0.355 e. The predicted octanol–water partition coefficient (Wildman–Crippen LogP) is 3.68. The van der Waals surface area contributed by atoms with Gasteiger partial charge < -0.3 is 14.7 Å². The number of carbonyl (C=O) groups excluding carboxylic acids is 2. The minimum Gasteiger partial charge on any atom is -0.456 e. The predicted molar refractivity (Wildman–Crippen MR) is 136 cm³/mol. The lowest BCUT2D eigenvalue weighted by atomic mass is 9.78. The maximum Gasteiger partial charge on any atom is 0.355 e. The van der Waals surface area contributed by atoms with Gasteiger partial charge in [0.1, 0.15) is 22.2 Å². The Bertz CT molecular complexity index is 1360. The zero-order valence-corrected chi connectivity index (χ0v) is 21.9. The molecule has 4 atom stereocenters. The van der Waals surface area contributed by atoms with Crippen LogP contribution in [0.1, 0.15) is 23.3 Å². The van der Waals surface area contributed by atoms with Crippen LogP contribution in [0.4, 0.5) is 5.69 Å². The second kappa shape index (κ2) is 9.54. The van der Waals surface area contributed by atoms with Gasteiger partial charge in [-0.15, -0.1) is 23.1 Å². The highest BCUT2D eigenvalue weighted by Gasteiger charge is 2.59. The molecule has 188 valence electrons. The molecule has 1 N–H and O–H groups in total. The fraction of sp³-hybridized carbons (Fsp3) is 0.348. The Morgan fingerprint density at radius 2 is 2.03 bits per heavy atom. The minimum absolute atomic E-state index is 0.0538. The molecular formula is C23H22N4O6S3. The molecule has 13 heteroatoms. The van der Waals surface area contributed by atoms with E-state index in [-0.39, 0.29) is 35.9 Å². The fourth-order valence-electron chi connectivity index (χ4n) is 4.67. The highest BCUT2D eigenvalue weighted by atomic mass is 32.2. The van der Waals surface area contributed by atoms with Crippen LogP contribution in [0.25, 0.3) is 4.83 Å². The molecule has 0 radical (unpaired) electrons. The van der Waals surface area contributed by atoms with Crippen molar-refractivity contribution in [1.29, 1.82) is 0 Å². The summed E-state index contributed by atoms with van der Waals surface area (Å²) in [4.78, 5) is 44.3. The van der Waals surface area contributed by atoms with Gasteiger partial charge in [0.05, 0.1) is 23.0 Å². The van der Waals surface area contributed by atoms with Gasteiger partial charge in [-0.3, -0.25) is 19.3 Å². The number of nitro groups is 1. The molecule has 0 spiro atoms. The third-order valence-electron chi connectivity index (χ3n) is 6.38. The lowest BCUT2D eigenvalue weighted by Crippen LogP contribution is -2.63. The van der Waals surface area contributed by atoms with Gasteiger partial charge in [-0.25, -0.2) is 9.78 Å². The van der Waals surface area contributed by atoms with Crippen LogP contribution in [0.2, 0.25) is 0 Å². The number of nitrogens with zero attached hydrogens (tertiary/aromatic N) is 4. The molecule has 2 aromatic heterocycles. The van der Waals surface area contributed by atoms with Gasteiger partial charge in [0, 0.05) is 29.1 Å². The molecule has 36 heavy (non-hydrogen) atoms. The molecule has 1 amide bonds. The van der Waals surface area contributed by atoms with Crippen molar-refractivity contribution in [3.63, 3.8) is 0 Å². The van der Waals surface area contributed by atoms with Crippen LogP contribution < -0.4 is 0 Å². The van der Waals surface area contributed by atoms with E-state index in [2.05, 4.69) is 4.98 Å². The molecular weight excluding hydrogens is 524 g/mol. The Hall–Kier alpha value is -2.87. The molecule has 1 unspecified atom stereocenters. The summed E-state index contributed by atoms with van der Waals surface area (Å²) in [5, 5.41) is 22.9. The standard InChI is InChI=1S/C23H22N4O6S3/c1-11(28)17-18-14(16-9-25-21(36-16)19(34-2)24-23(25)35-3)8-15(26(18)20(17)29)22(30)33-10-12-4-6-13(7-5-12)27(31)32/h4-9,11,14,17-18,28H,10H2,1-3H3/t11-,14?,17-,18+/m1/s1. The summed E-state index contributed by atoms with van der Waals surface area (Å²) in [6, 6.07) is 5.35. The number of carbonyl (C=O) groups is 2. The number of aliphatic hydroxyl groups excluding tert-OH is 1. The van der Waals surface area contributed by atoms with Crippen LogP contribution in [0.3, 0.4) is 0 Å². The van der Waals surface area contributed by atoms with Gasteiger partial charge in [0.2, 0.25) is 5.91 Å². The summed E-state index contributed by atoms with van der Waals surface area (Å²) in [7, 11) is 0. The number of hydrogen-bond donors (Lipinski definition) is 1. The first-order chi connectivity index (χ1) is 17.2. The number of benzene rings is 1. The number of thioether (sulfide) groups is 2. The van der Waals surface area contributed by atoms with Crippen LogP contribution in [0.5, 0.6) is 0 Å². The van der Waals surface area contributed by atoms with Gasteiger partial charge in [0.15, 0.2) is 5.16 Å². The number of rotatable bonds is 8. The molecule has 1 fully saturated rings. The van der Waals surface area contributed by atoms with E-state index in [1.54, 1.807) is 36.1 Å². The Labute approximate surface area is 218 Å². The number of imidazole rings is 1. The molecule has 0 aliphatic carbocycles. The molecule has 0 saturated carbocycles. The van der Waals surface area contributed by atoms with Crippen molar-refractivity contribution < 1.29 is 24.4 Å². The van der Waals surface area contributed by atoms with Crippen molar-refractivity contribution in [3.8, 4) is 0 Å². The summed E-state index contributed by atoms with van der Waals surface area (Å²) in [6.07, 6.45) is 6.81. The Kier molecular flexibility index (Phi) is 6.57. The van der Waals surface area contributed by atoms with Crippen LogP contribution in [-0.4, -0.2) is 60.8 Å². The topological polar surface area (TPSA) is 127 Å². The normalized spacial score (nSPS) is 21.8. The molecule has 1 aromatic carbocycles. The molecule has 5 rings (SSSR count). The summed E-state index contributed by atoms with van der Waals surface area (Å²) >= 11 is 4.65. The van der Waals surface area contributed by atoms with Gasteiger partial charge >= 0.3 is 5.97 Å². The highest BCUT2D eigenvalue weighted by molar-refractivity contribution is 7.99. The van der Waals surface area contributed by atoms with Crippen molar-refractivity contribution >= 4 is 57.3 Å². The third kappa shape index (κ3) is 3.99. The number of aromatic nitrogens is 2. The largest absolute Gasteiger partial charge is 0.456 e. The van der Waals surface area contributed by atoms with E-state index >= 15 is 0 Å². The quantitative estimate of drug-likeness (QED) is 0.148. The minimum atomic E-state index is -0.860. The van der Waals surface area contributed by atoms with Gasteiger partial charge in [-0.1, -0.05) is 11.8 Å². The summed E-state index contributed by atoms with van der Waals surface area (Å²) in [5.41, 5.74) is 0.689. The maximum atomic E-state index is 13.0. The number of non-ortho nitro benzene ring substituents is 1. The zero-order valence-electron chi connectivity index (χ0n) is 19.5. The summed E-state index contributed by atoms with van der Waals surface area (Å²) in [5.74, 6) is -1.86. The summed E-state index contributed by atoms with van der Waals surface area (Å²) < 4.78 is 7.48. The van der Waals surface area contributed by atoms with Gasteiger partial charge in [-0.2, -0.15) is 0 Å². The number of nitro benzene ring substituents is 1. The van der Waals surface area contributed by atoms with E-state index in [0.717, 1.165) is 19.9 Å². The lowest BCUT2D eigenvalue weighted by Gasteiger charge is -2.46. The Morgan fingerprint density at radius 3 is 2.64 bits per heavy atom. The average Bonchev–Trinajstić information content (AvgIpc) is 3.52. The van der Waals surface area contributed by atoms with Gasteiger partial charge in [0.25, 0.3) is 5.69 Å². The van der Waals surface area contributed by atoms with Crippen molar-refractivity contribution in [2.24, 2.45) is 5.92 Å². The van der Waals surface area contributed by atoms with E-state index in [1.807, 2.05) is 23.1 Å². The van der Waals surface area contributed by atoms with Gasteiger partial charge in [-0.05, 0) is 43.2 Å². The molecule has 3 aromatic rings. The Morgan fingerprint density at radius 1 is 1.31 bits per heavy atom. The van der Waals surface area contributed by atoms with Crippen LogP contribution in [0, 0.1) is 16.0 Å². The second-order valence-corrected chi connectivity index (χ2v) is 11.1. The van der Waals surface area contributed by atoms with Crippen molar-refractivity contribution in [2.45, 2.75) is 41.8 Å². The second-order valence-electron chi connectivity index (χ2n) is 8.46. The third-order valence-corrected chi connectivity index (χ3v) is 9.03. The summed E-state index contributed by atoms with van der Waals surface area (Å²) in [6.45, 7) is 1.50. The number of ether oxygens (including phenoxy) is 1. The SMILES string of the molecule is CSc1nc(SC)n2cc(C3C=C(C(=O)OCc4ccc([N+](=O)[O-])cc4)N4C(=O)[C@H]([C@@H](C)O)[C@H]34)sc12.